The Morgan fingerprint density at radius 1 is 1.60 bits per heavy atom. The summed E-state index contributed by atoms with van der Waals surface area (Å²) in [5.74, 6) is -0.996. The summed E-state index contributed by atoms with van der Waals surface area (Å²) in [4.78, 5) is 10.5. The van der Waals surface area contributed by atoms with Crippen LogP contribution in [0.1, 0.15) is 11.1 Å². The average molecular weight is 250 g/mol. The lowest BCUT2D eigenvalue weighted by molar-refractivity contribution is -0.138. The molecule has 0 fully saturated rings. The van der Waals surface area contributed by atoms with Gasteiger partial charge in [-0.3, -0.25) is 4.79 Å². The van der Waals surface area contributed by atoms with Crippen molar-refractivity contribution in [3.8, 4) is 0 Å². The van der Waals surface area contributed by atoms with Crippen LogP contribution in [-0.2, 0) is 11.2 Å². The monoisotopic (exact) mass is 249 g/mol. The third-order valence-electron chi connectivity index (χ3n) is 2.14. The van der Waals surface area contributed by atoms with E-state index in [1.54, 1.807) is 12.1 Å². The maximum absolute atomic E-state index is 10.5. The molecule has 0 bridgehead atoms. The van der Waals surface area contributed by atoms with Crippen LogP contribution < -0.4 is 5.73 Å². The predicted octanol–water partition coefficient (Wildman–Crippen LogP) is 2.02. The van der Waals surface area contributed by atoms with Crippen molar-refractivity contribution >= 4 is 30.0 Å². The van der Waals surface area contributed by atoms with Crippen LogP contribution in [0.3, 0.4) is 0 Å². The standard InChI is InChI=1S/C10H12ClNO2.ClH/c1-6-7(3-2-4-8(6)11)5-9(12)10(13)14;/h2-4,9H,5,12H2,1H3,(H,13,14);1H/t9-;/m1./s1. The molecule has 3 nitrogen and oxygen atoms in total. The number of hydrogen-bond donors (Lipinski definition) is 2. The SMILES string of the molecule is Cc1c(Cl)cccc1C[C@@H](N)C(=O)O.Cl. The van der Waals surface area contributed by atoms with Crippen molar-refractivity contribution in [1.82, 2.24) is 0 Å². The van der Waals surface area contributed by atoms with E-state index >= 15 is 0 Å². The largest absolute Gasteiger partial charge is 0.480 e. The Hall–Kier alpha value is -0.770. The summed E-state index contributed by atoms with van der Waals surface area (Å²) in [5.41, 5.74) is 7.20. The van der Waals surface area contributed by atoms with Gasteiger partial charge < -0.3 is 10.8 Å². The average Bonchev–Trinajstić information content (AvgIpc) is 2.12. The molecule has 0 saturated heterocycles. The van der Waals surface area contributed by atoms with Gasteiger partial charge in [0.2, 0.25) is 0 Å². The van der Waals surface area contributed by atoms with E-state index in [1.165, 1.54) is 0 Å². The second-order valence-electron chi connectivity index (χ2n) is 3.17. The van der Waals surface area contributed by atoms with Gasteiger partial charge in [-0.1, -0.05) is 23.7 Å². The third-order valence-corrected chi connectivity index (χ3v) is 2.55. The van der Waals surface area contributed by atoms with Crippen molar-refractivity contribution in [1.29, 1.82) is 0 Å². The lowest BCUT2D eigenvalue weighted by Gasteiger charge is -2.09. The highest BCUT2D eigenvalue weighted by molar-refractivity contribution is 6.31. The molecule has 1 aromatic carbocycles. The van der Waals surface area contributed by atoms with Gasteiger partial charge in [-0.15, -0.1) is 12.4 Å². The molecule has 0 spiro atoms. The quantitative estimate of drug-likeness (QED) is 0.862. The van der Waals surface area contributed by atoms with E-state index in [0.29, 0.717) is 11.4 Å². The summed E-state index contributed by atoms with van der Waals surface area (Å²) >= 11 is 5.89. The second-order valence-corrected chi connectivity index (χ2v) is 3.58. The molecule has 1 atom stereocenters. The lowest BCUT2D eigenvalue weighted by Crippen LogP contribution is -2.32. The normalized spacial score (nSPS) is 11.7. The van der Waals surface area contributed by atoms with Crippen molar-refractivity contribution in [2.45, 2.75) is 19.4 Å². The molecule has 5 heteroatoms. The summed E-state index contributed by atoms with van der Waals surface area (Å²) in [6.07, 6.45) is 0.307. The smallest absolute Gasteiger partial charge is 0.320 e. The van der Waals surface area contributed by atoms with Crippen molar-refractivity contribution in [3.63, 3.8) is 0 Å². The van der Waals surface area contributed by atoms with Crippen molar-refractivity contribution in [3.05, 3.63) is 34.3 Å². The van der Waals surface area contributed by atoms with Crippen LogP contribution >= 0.6 is 24.0 Å². The predicted molar refractivity (Wildman–Crippen MR) is 62.8 cm³/mol. The Morgan fingerprint density at radius 2 is 2.20 bits per heavy atom. The van der Waals surface area contributed by atoms with Crippen molar-refractivity contribution < 1.29 is 9.90 Å². The van der Waals surface area contributed by atoms with Crippen molar-refractivity contribution in [2.75, 3.05) is 0 Å². The highest BCUT2D eigenvalue weighted by Crippen LogP contribution is 2.19. The Labute approximate surface area is 99.6 Å². The zero-order valence-electron chi connectivity index (χ0n) is 8.24. The molecule has 1 aromatic rings. The Morgan fingerprint density at radius 3 is 2.73 bits per heavy atom. The van der Waals surface area contributed by atoms with E-state index < -0.39 is 12.0 Å². The Kier molecular flexibility index (Phi) is 5.65. The van der Waals surface area contributed by atoms with Gasteiger partial charge in [0, 0.05) is 5.02 Å². The van der Waals surface area contributed by atoms with Gasteiger partial charge in [0.25, 0.3) is 0 Å². The number of aliphatic carboxylic acids is 1. The third kappa shape index (κ3) is 3.70. The molecular weight excluding hydrogens is 237 g/mol. The highest BCUT2D eigenvalue weighted by atomic mass is 35.5. The van der Waals surface area contributed by atoms with Crippen molar-refractivity contribution in [2.24, 2.45) is 5.73 Å². The molecule has 84 valence electrons. The fourth-order valence-electron chi connectivity index (χ4n) is 1.20. The van der Waals surface area contributed by atoms with Crippen LogP contribution in [-0.4, -0.2) is 17.1 Å². The minimum atomic E-state index is -0.996. The first-order valence-corrected chi connectivity index (χ1v) is 4.62. The zero-order valence-corrected chi connectivity index (χ0v) is 9.81. The van der Waals surface area contributed by atoms with E-state index in [9.17, 15) is 4.79 Å². The molecule has 1 rings (SSSR count). The fraction of sp³-hybridized carbons (Fsp3) is 0.300. The molecule has 0 saturated carbocycles. The van der Waals surface area contributed by atoms with Crippen LogP contribution in [0.5, 0.6) is 0 Å². The molecule has 0 amide bonds. The number of hydrogen-bond acceptors (Lipinski definition) is 2. The zero-order chi connectivity index (χ0) is 10.7. The van der Waals surface area contributed by atoms with Gasteiger partial charge in [0.1, 0.15) is 6.04 Å². The van der Waals surface area contributed by atoms with E-state index in [4.69, 9.17) is 22.4 Å². The number of rotatable bonds is 3. The van der Waals surface area contributed by atoms with E-state index in [1.807, 2.05) is 13.0 Å². The van der Waals surface area contributed by atoms with Gasteiger partial charge in [0.05, 0.1) is 0 Å². The molecule has 0 aliphatic heterocycles. The maximum atomic E-state index is 10.5. The number of carboxylic acid groups (broad SMARTS) is 1. The Balaban J connectivity index is 0.00000196. The summed E-state index contributed by atoms with van der Waals surface area (Å²) in [6.45, 7) is 1.85. The van der Waals surface area contributed by atoms with E-state index in [-0.39, 0.29) is 12.4 Å². The number of benzene rings is 1. The van der Waals surface area contributed by atoms with E-state index in [2.05, 4.69) is 0 Å². The minimum absolute atomic E-state index is 0. The first-order valence-electron chi connectivity index (χ1n) is 4.24. The molecule has 0 aliphatic carbocycles. The topological polar surface area (TPSA) is 63.3 Å². The van der Waals surface area contributed by atoms with Crippen LogP contribution in [0.2, 0.25) is 5.02 Å². The summed E-state index contributed by atoms with van der Waals surface area (Å²) in [6, 6.07) is 4.53. The number of halogens is 2. The summed E-state index contributed by atoms with van der Waals surface area (Å²) in [5, 5.41) is 9.28. The van der Waals surface area contributed by atoms with Crippen LogP contribution in [0.4, 0.5) is 0 Å². The summed E-state index contributed by atoms with van der Waals surface area (Å²) in [7, 11) is 0. The van der Waals surface area contributed by atoms with Gasteiger partial charge in [-0.2, -0.15) is 0 Å². The minimum Gasteiger partial charge on any atom is -0.480 e. The molecule has 0 unspecified atom stereocenters. The molecule has 0 aromatic heterocycles. The Bertz CT molecular complexity index is 355. The second kappa shape index (κ2) is 5.95. The first-order chi connectivity index (χ1) is 6.52. The molecule has 0 heterocycles. The molecule has 0 radical (unpaired) electrons. The first kappa shape index (κ1) is 14.2. The molecule has 15 heavy (non-hydrogen) atoms. The fourth-order valence-corrected chi connectivity index (χ4v) is 1.39. The van der Waals surface area contributed by atoms with Crippen LogP contribution in [0, 0.1) is 6.92 Å². The number of nitrogens with two attached hydrogens (primary N) is 1. The van der Waals surface area contributed by atoms with Gasteiger partial charge in [0.15, 0.2) is 0 Å². The van der Waals surface area contributed by atoms with Crippen LogP contribution in [0.15, 0.2) is 18.2 Å². The maximum Gasteiger partial charge on any atom is 0.320 e. The van der Waals surface area contributed by atoms with Gasteiger partial charge in [-0.25, -0.2) is 0 Å². The molecule has 3 N–H and O–H groups in total. The number of carbonyl (C=O) groups is 1. The lowest BCUT2D eigenvalue weighted by atomic mass is 10.0. The van der Waals surface area contributed by atoms with Crippen LogP contribution in [0.25, 0.3) is 0 Å². The molecular formula is C10H13Cl2NO2. The van der Waals surface area contributed by atoms with E-state index in [0.717, 1.165) is 11.1 Å². The number of carboxylic acids is 1. The summed E-state index contributed by atoms with van der Waals surface area (Å²) < 4.78 is 0. The highest BCUT2D eigenvalue weighted by Gasteiger charge is 2.13. The van der Waals surface area contributed by atoms with Gasteiger partial charge >= 0.3 is 5.97 Å². The molecule has 0 aliphatic rings. The van der Waals surface area contributed by atoms with Gasteiger partial charge in [-0.05, 0) is 30.5 Å².